The van der Waals surface area contributed by atoms with E-state index in [1.165, 1.54) is 0 Å². The van der Waals surface area contributed by atoms with Gasteiger partial charge in [-0.05, 0) is 0 Å². The Morgan fingerprint density at radius 1 is 1.10 bits per heavy atom. The van der Waals surface area contributed by atoms with Crippen molar-refractivity contribution >= 4 is 22.0 Å². The summed E-state index contributed by atoms with van der Waals surface area (Å²) < 4.78 is 48.2. The van der Waals surface area contributed by atoms with Crippen LogP contribution in [0.1, 0.15) is 0 Å². The highest BCUT2D eigenvalue weighted by Crippen LogP contribution is 1.59. The molecular formula is C2H6O6S2. The summed E-state index contributed by atoms with van der Waals surface area (Å²) in [5, 5.41) is 0. The maximum absolute atomic E-state index is 8.74. The van der Waals surface area contributed by atoms with Crippen LogP contribution >= 0.6 is 0 Å². The van der Waals surface area contributed by atoms with Crippen LogP contribution in [0, 0.1) is 0 Å². The monoisotopic (exact) mass is 190 g/mol. The predicted octanol–water partition coefficient (Wildman–Crippen LogP) is -0.521. The molecule has 62 valence electrons. The summed E-state index contributed by atoms with van der Waals surface area (Å²) in [6.07, 6.45) is 0. The predicted molar refractivity (Wildman–Crippen MR) is 34.4 cm³/mol. The molecule has 0 saturated heterocycles. The SMILES string of the molecule is C=C.O=S(=O)(O)O.O=S=O. The first-order valence-electron chi connectivity index (χ1n) is 1.53. The minimum Gasteiger partial charge on any atom is -0.264 e. The lowest BCUT2D eigenvalue weighted by molar-refractivity contribution is 0.381. The van der Waals surface area contributed by atoms with Crippen molar-refractivity contribution in [3.8, 4) is 0 Å². The van der Waals surface area contributed by atoms with E-state index in [4.69, 9.17) is 25.9 Å². The Kier molecular flexibility index (Phi) is 18.2. The zero-order valence-electron chi connectivity index (χ0n) is 4.76. The fourth-order valence-electron chi connectivity index (χ4n) is 0. The molecule has 8 heteroatoms. The molecule has 0 atom stereocenters. The first-order chi connectivity index (χ1) is 4.41. The van der Waals surface area contributed by atoms with Gasteiger partial charge in [-0.3, -0.25) is 9.11 Å². The average molecular weight is 190 g/mol. The van der Waals surface area contributed by atoms with Crippen LogP contribution in [-0.4, -0.2) is 25.9 Å². The fourth-order valence-corrected chi connectivity index (χ4v) is 0. The number of rotatable bonds is 0. The van der Waals surface area contributed by atoms with Crippen molar-refractivity contribution in [3.63, 3.8) is 0 Å². The van der Waals surface area contributed by atoms with Gasteiger partial charge in [0.15, 0.2) is 0 Å². The maximum atomic E-state index is 8.74. The third-order valence-electron chi connectivity index (χ3n) is 0. The lowest BCUT2D eigenvalue weighted by Crippen LogP contribution is -1.89. The smallest absolute Gasteiger partial charge is 0.264 e. The highest BCUT2D eigenvalue weighted by molar-refractivity contribution is 7.79. The lowest BCUT2D eigenvalue weighted by Gasteiger charge is -1.68. The summed E-state index contributed by atoms with van der Waals surface area (Å²) in [7, 11) is -4.67. The minimum absolute atomic E-state index is 0.750. The highest BCUT2D eigenvalue weighted by Gasteiger charge is 1.84. The summed E-state index contributed by atoms with van der Waals surface area (Å²) in [4.78, 5) is 0. The van der Waals surface area contributed by atoms with Crippen LogP contribution in [-0.2, 0) is 22.0 Å². The van der Waals surface area contributed by atoms with Gasteiger partial charge in [0.25, 0.3) is 0 Å². The molecule has 0 saturated carbocycles. The molecule has 0 bridgehead atoms. The first-order valence-corrected chi connectivity index (χ1v) is 3.60. The Morgan fingerprint density at radius 2 is 1.10 bits per heavy atom. The van der Waals surface area contributed by atoms with Gasteiger partial charge in [-0.25, -0.2) is 0 Å². The standard InChI is InChI=1S/C2H4.H2O4S.O2S/c1-2;1-5(2,3)4;1-3-2/h1-2H2;(H2,1,2,3,4);. The molecule has 0 aliphatic rings. The largest absolute Gasteiger partial charge is 0.394 e. The zero-order chi connectivity index (χ0) is 9.21. The van der Waals surface area contributed by atoms with Crippen LogP contribution in [0.25, 0.3) is 0 Å². The minimum atomic E-state index is -4.67. The number of hydrogen-bond donors (Lipinski definition) is 2. The number of hydrogen-bond acceptors (Lipinski definition) is 4. The van der Waals surface area contributed by atoms with Gasteiger partial charge >= 0.3 is 22.0 Å². The second-order valence-electron chi connectivity index (χ2n) is 0.516. The molecule has 0 unspecified atom stereocenters. The van der Waals surface area contributed by atoms with Crippen molar-refractivity contribution in [3.05, 3.63) is 13.2 Å². The molecule has 0 fully saturated rings. The molecule has 6 nitrogen and oxygen atoms in total. The molecule has 0 aromatic heterocycles. The molecule has 10 heavy (non-hydrogen) atoms. The van der Waals surface area contributed by atoms with Crippen LogP contribution in [0.4, 0.5) is 0 Å². The Hall–Kier alpha value is -0.570. The van der Waals surface area contributed by atoms with E-state index in [1.807, 2.05) is 0 Å². The topological polar surface area (TPSA) is 109 Å². The third kappa shape index (κ3) is 945. The molecule has 0 spiro atoms. The van der Waals surface area contributed by atoms with Crippen molar-refractivity contribution < 1.29 is 25.9 Å². The van der Waals surface area contributed by atoms with Crippen LogP contribution in [0.5, 0.6) is 0 Å². The Bertz CT molecular complexity index is 166. The van der Waals surface area contributed by atoms with E-state index in [0.29, 0.717) is 0 Å². The van der Waals surface area contributed by atoms with E-state index in [9.17, 15) is 0 Å². The van der Waals surface area contributed by atoms with Crippen LogP contribution < -0.4 is 0 Å². The lowest BCUT2D eigenvalue weighted by atomic mass is 11.3. The van der Waals surface area contributed by atoms with E-state index >= 15 is 0 Å². The van der Waals surface area contributed by atoms with Crippen molar-refractivity contribution in [2.45, 2.75) is 0 Å². The molecule has 0 rings (SSSR count). The normalized spacial score (nSPS) is 7.40. The Labute approximate surface area is 61.7 Å². The van der Waals surface area contributed by atoms with Crippen molar-refractivity contribution in [1.29, 1.82) is 0 Å². The second kappa shape index (κ2) is 11.3. The third-order valence-corrected chi connectivity index (χ3v) is 0. The van der Waals surface area contributed by atoms with E-state index < -0.39 is 22.0 Å². The molecule has 0 aliphatic carbocycles. The molecule has 0 aromatic rings. The van der Waals surface area contributed by atoms with Crippen LogP contribution in [0.15, 0.2) is 13.2 Å². The summed E-state index contributed by atoms with van der Waals surface area (Å²) in [5.41, 5.74) is 0. The van der Waals surface area contributed by atoms with Crippen molar-refractivity contribution in [2.24, 2.45) is 0 Å². The van der Waals surface area contributed by atoms with Crippen LogP contribution in [0.3, 0.4) is 0 Å². The van der Waals surface area contributed by atoms with E-state index in [1.54, 1.807) is 0 Å². The molecule has 0 aliphatic heterocycles. The van der Waals surface area contributed by atoms with Gasteiger partial charge in [0.2, 0.25) is 0 Å². The van der Waals surface area contributed by atoms with E-state index in [0.717, 1.165) is 0 Å². The fraction of sp³-hybridized carbons (Fsp3) is 0. The van der Waals surface area contributed by atoms with Gasteiger partial charge < -0.3 is 0 Å². The average Bonchev–Trinajstić information content (AvgIpc) is 1.68. The van der Waals surface area contributed by atoms with Gasteiger partial charge in [-0.15, -0.1) is 13.2 Å². The molecular weight excluding hydrogens is 184 g/mol. The van der Waals surface area contributed by atoms with Gasteiger partial charge in [0.1, 0.15) is 0 Å². The molecule has 0 heterocycles. The Balaban J connectivity index is -0.0000000847. The van der Waals surface area contributed by atoms with Gasteiger partial charge in [-0.1, -0.05) is 0 Å². The second-order valence-corrected chi connectivity index (χ2v) is 1.55. The highest BCUT2D eigenvalue weighted by atomic mass is 32.3. The van der Waals surface area contributed by atoms with Gasteiger partial charge in [0.05, 0.1) is 0 Å². The van der Waals surface area contributed by atoms with E-state index in [-0.39, 0.29) is 0 Å². The van der Waals surface area contributed by atoms with E-state index in [2.05, 4.69) is 13.2 Å². The summed E-state index contributed by atoms with van der Waals surface area (Å²) in [5.74, 6) is 0. The summed E-state index contributed by atoms with van der Waals surface area (Å²) in [6.45, 7) is 6.00. The van der Waals surface area contributed by atoms with Crippen molar-refractivity contribution in [2.75, 3.05) is 0 Å². The molecule has 0 amide bonds. The molecule has 0 aromatic carbocycles. The molecule has 2 N–H and O–H groups in total. The zero-order valence-corrected chi connectivity index (χ0v) is 6.39. The van der Waals surface area contributed by atoms with Crippen molar-refractivity contribution in [1.82, 2.24) is 0 Å². The Morgan fingerprint density at radius 3 is 1.10 bits per heavy atom. The maximum Gasteiger partial charge on any atom is 0.394 e. The first kappa shape index (κ1) is 16.2. The van der Waals surface area contributed by atoms with Crippen LogP contribution in [0.2, 0.25) is 0 Å². The van der Waals surface area contributed by atoms with Gasteiger partial charge in [0, 0.05) is 0 Å². The van der Waals surface area contributed by atoms with Gasteiger partial charge in [-0.2, -0.15) is 16.8 Å². The summed E-state index contributed by atoms with van der Waals surface area (Å²) in [6, 6.07) is 0. The summed E-state index contributed by atoms with van der Waals surface area (Å²) >= 11 is -0.750. The quantitative estimate of drug-likeness (QED) is 0.393. The molecule has 0 radical (unpaired) electrons.